The number of para-hydroxylation sites is 1. The first kappa shape index (κ1) is 15.9. The van der Waals surface area contributed by atoms with Crippen LogP contribution in [-0.2, 0) is 6.54 Å². The summed E-state index contributed by atoms with van der Waals surface area (Å²) in [4.78, 5) is 0. The van der Waals surface area contributed by atoms with Gasteiger partial charge >= 0.3 is 0 Å². The number of methoxy groups -OCH3 is 2. The molecule has 0 aromatic heterocycles. The van der Waals surface area contributed by atoms with E-state index >= 15 is 0 Å². The number of hydrogen-bond donors (Lipinski definition) is 1. The molecule has 0 aliphatic heterocycles. The fourth-order valence-electron chi connectivity index (χ4n) is 2.29. The van der Waals surface area contributed by atoms with Crippen LogP contribution in [0.2, 0.25) is 0 Å². The number of rotatable bonds is 6. The van der Waals surface area contributed by atoms with Gasteiger partial charge in [-0.1, -0.05) is 42.0 Å². The van der Waals surface area contributed by atoms with Crippen molar-refractivity contribution < 1.29 is 9.47 Å². The summed E-state index contributed by atoms with van der Waals surface area (Å²) in [6.07, 6.45) is 0. The molecule has 2 aromatic carbocycles. The van der Waals surface area contributed by atoms with Crippen LogP contribution >= 0.6 is 0 Å². The highest BCUT2D eigenvalue weighted by molar-refractivity contribution is 5.49. The molecular weight excluding hydrogens is 276 g/mol. The predicted octanol–water partition coefficient (Wildman–Crippen LogP) is 3.37. The molecule has 0 bridgehead atoms. The average molecular weight is 296 g/mol. The summed E-state index contributed by atoms with van der Waals surface area (Å²) in [5, 5.41) is 12.7. The molecule has 0 heterocycles. The molecule has 0 radical (unpaired) electrons. The summed E-state index contributed by atoms with van der Waals surface area (Å²) < 4.78 is 10.7. The molecule has 2 aromatic rings. The molecule has 0 saturated carbocycles. The maximum Gasteiger partial charge on any atom is 0.166 e. The summed E-state index contributed by atoms with van der Waals surface area (Å²) in [5.74, 6) is 1.21. The van der Waals surface area contributed by atoms with E-state index in [-0.39, 0.29) is 0 Å². The largest absolute Gasteiger partial charge is 0.493 e. The molecule has 0 spiro atoms. The molecule has 1 N–H and O–H groups in total. The third-order valence-corrected chi connectivity index (χ3v) is 3.50. The van der Waals surface area contributed by atoms with Crippen LogP contribution < -0.4 is 14.8 Å². The minimum Gasteiger partial charge on any atom is -0.493 e. The SMILES string of the molecule is COc1cccc(C(C#N)NCc2ccc(C)cc2)c1OC. The first-order valence-corrected chi connectivity index (χ1v) is 7.09. The monoisotopic (exact) mass is 296 g/mol. The van der Waals surface area contributed by atoms with Crippen LogP contribution in [0.4, 0.5) is 0 Å². The predicted molar refractivity (Wildman–Crippen MR) is 85.9 cm³/mol. The highest BCUT2D eigenvalue weighted by Crippen LogP contribution is 2.34. The van der Waals surface area contributed by atoms with Crippen molar-refractivity contribution in [1.29, 1.82) is 5.26 Å². The van der Waals surface area contributed by atoms with Crippen molar-refractivity contribution in [3.05, 3.63) is 59.2 Å². The van der Waals surface area contributed by atoms with Crippen molar-refractivity contribution in [1.82, 2.24) is 5.32 Å². The standard InChI is InChI=1S/C18H20N2O2/c1-13-7-9-14(10-8-13)12-20-16(11-19)15-5-4-6-17(21-2)18(15)22-3/h4-10,16,20H,12H2,1-3H3. The van der Waals surface area contributed by atoms with Gasteiger partial charge in [-0.05, 0) is 18.6 Å². The molecule has 1 unspecified atom stereocenters. The van der Waals surface area contributed by atoms with Crippen LogP contribution in [0.1, 0.15) is 22.7 Å². The van der Waals surface area contributed by atoms with Gasteiger partial charge in [-0.15, -0.1) is 0 Å². The van der Waals surface area contributed by atoms with Gasteiger partial charge in [-0.3, -0.25) is 5.32 Å². The van der Waals surface area contributed by atoms with Gasteiger partial charge in [0.25, 0.3) is 0 Å². The quantitative estimate of drug-likeness (QED) is 0.888. The number of aryl methyl sites for hydroxylation is 1. The lowest BCUT2D eigenvalue weighted by Gasteiger charge is -2.17. The van der Waals surface area contributed by atoms with Gasteiger partial charge in [0.15, 0.2) is 11.5 Å². The molecule has 1 atom stereocenters. The Morgan fingerprint density at radius 3 is 2.41 bits per heavy atom. The Morgan fingerprint density at radius 2 is 1.82 bits per heavy atom. The number of nitriles is 1. The second kappa shape index (κ2) is 7.48. The van der Waals surface area contributed by atoms with Crippen molar-refractivity contribution in [3.63, 3.8) is 0 Å². The third kappa shape index (κ3) is 3.57. The average Bonchev–Trinajstić information content (AvgIpc) is 2.56. The molecule has 2 rings (SSSR count). The molecule has 114 valence electrons. The maximum absolute atomic E-state index is 9.48. The lowest BCUT2D eigenvalue weighted by Crippen LogP contribution is -2.20. The number of nitrogens with zero attached hydrogens (tertiary/aromatic N) is 1. The first-order chi connectivity index (χ1) is 10.7. The highest BCUT2D eigenvalue weighted by Gasteiger charge is 2.18. The van der Waals surface area contributed by atoms with Crippen molar-refractivity contribution >= 4 is 0 Å². The second-order valence-electron chi connectivity index (χ2n) is 5.01. The zero-order valence-electron chi connectivity index (χ0n) is 13.1. The molecular formula is C18H20N2O2. The van der Waals surface area contributed by atoms with E-state index in [0.29, 0.717) is 18.0 Å². The van der Waals surface area contributed by atoms with Crippen LogP contribution in [0.3, 0.4) is 0 Å². The normalized spacial score (nSPS) is 11.5. The Labute approximate surface area is 131 Å². The second-order valence-corrected chi connectivity index (χ2v) is 5.01. The molecule has 0 aliphatic rings. The molecule has 4 heteroatoms. The van der Waals surface area contributed by atoms with E-state index in [1.54, 1.807) is 14.2 Å². The minimum atomic E-state index is -0.466. The van der Waals surface area contributed by atoms with Gasteiger partial charge in [0.1, 0.15) is 6.04 Å². The Bertz CT molecular complexity index is 660. The van der Waals surface area contributed by atoms with E-state index in [2.05, 4.69) is 42.6 Å². The van der Waals surface area contributed by atoms with Gasteiger partial charge in [0.2, 0.25) is 0 Å². The zero-order valence-corrected chi connectivity index (χ0v) is 13.1. The Hall–Kier alpha value is -2.51. The topological polar surface area (TPSA) is 54.3 Å². The first-order valence-electron chi connectivity index (χ1n) is 7.09. The van der Waals surface area contributed by atoms with E-state index in [1.165, 1.54) is 5.56 Å². The Morgan fingerprint density at radius 1 is 1.09 bits per heavy atom. The summed E-state index contributed by atoms with van der Waals surface area (Å²) >= 11 is 0. The fourth-order valence-corrected chi connectivity index (χ4v) is 2.29. The van der Waals surface area contributed by atoms with Crippen molar-refractivity contribution in [2.45, 2.75) is 19.5 Å². The van der Waals surface area contributed by atoms with E-state index in [4.69, 9.17) is 9.47 Å². The Kier molecular flexibility index (Phi) is 5.40. The summed E-state index contributed by atoms with van der Waals surface area (Å²) in [5.41, 5.74) is 3.12. The van der Waals surface area contributed by atoms with Crippen LogP contribution in [0, 0.1) is 18.3 Å². The van der Waals surface area contributed by atoms with Gasteiger partial charge in [-0.25, -0.2) is 0 Å². The van der Waals surface area contributed by atoms with E-state index < -0.39 is 6.04 Å². The molecule has 0 saturated heterocycles. The molecule has 22 heavy (non-hydrogen) atoms. The molecule has 4 nitrogen and oxygen atoms in total. The van der Waals surface area contributed by atoms with Crippen LogP contribution in [0.5, 0.6) is 11.5 Å². The van der Waals surface area contributed by atoms with Crippen LogP contribution in [-0.4, -0.2) is 14.2 Å². The Balaban J connectivity index is 2.18. The molecule has 0 fully saturated rings. The number of hydrogen-bond acceptors (Lipinski definition) is 4. The van der Waals surface area contributed by atoms with E-state index in [1.807, 2.05) is 18.2 Å². The van der Waals surface area contributed by atoms with Crippen LogP contribution in [0.25, 0.3) is 0 Å². The van der Waals surface area contributed by atoms with Gasteiger partial charge in [0, 0.05) is 12.1 Å². The minimum absolute atomic E-state index is 0.466. The lowest BCUT2D eigenvalue weighted by molar-refractivity contribution is 0.349. The van der Waals surface area contributed by atoms with Crippen LogP contribution in [0.15, 0.2) is 42.5 Å². The molecule has 0 aliphatic carbocycles. The lowest BCUT2D eigenvalue weighted by atomic mass is 10.1. The number of ether oxygens (including phenoxy) is 2. The van der Waals surface area contributed by atoms with E-state index in [9.17, 15) is 5.26 Å². The van der Waals surface area contributed by atoms with E-state index in [0.717, 1.165) is 11.1 Å². The van der Waals surface area contributed by atoms with Crippen molar-refractivity contribution in [2.24, 2.45) is 0 Å². The summed E-state index contributed by atoms with van der Waals surface area (Å²) in [6, 6.07) is 15.6. The smallest absolute Gasteiger partial charge is 0.166 e. The van der Waals surface area contributed by atoms with Crippen molar-refractivity contribution in [3.8, 4) is 17.6 Å². The van der Waals surface area contributed by atoms with Gasteiger partial charge < -0.3 is 9.47 Å². The molecule has 0 amide bonds. The van der Waals surface area contributed by atoms with Gasteiger partial charge in [0.05, 0.1) is 20.3 Å². The highest BCUT2D eigenvalue weighted by atomic mass is 16.5. The van der Waals surface area contributed by atoms with Crippen molar-refractivity contribution in [2.75, 3.05) is 14.2 Å². The number of benzene rings is 2. The zero-order chi connectivity index (χ0) is 15.9. The number of nitrogens with one attached hydrogen (secondary N) is 1. The van der Waals surface area contributed by atoms with Gasteiger partial charge in [-0.2, -0.15) is 5.26 Å². The maximum atomic E-state index is 9.48. The fraction of sp³-hybridized carbons (Fsp3) is 0.278. The third-order valence-electron chi connectivity index (χ3n) is 3.50. The summed E-state index contributed by atoms with van der Waals surface area (Å²) in [7, 11) is 3.17. The summed E-state index contributed by atoms with van der Waals surface area (Å²) in [6.45, 7) is 2.66.